The van der Waals surface area contributed by atoms with Crippen molar-refractivity contribution in [1.29, 1.82) is 0 Å². The lowest BCUT2D eigenvalue weighted by Gasteiger charge is -2.38. The van der Waals surface area contributed by atoms with Gasteiger partial charge in [-0.1, -0.05) is 6.07 Å². The Bertz CT molecular complexity index is 905. The Morgan fingerprint density at radius 3 is 2.35 bits per heavy atom. The van der Waals surface area contributed by atoms with Gasteiger partial charge in [0, 0.05) is 57.0 Å². The van der Waals surface area contributed by atoms with E-state index in [4.69, 9.17) is 0 Å². The Morgan fingerprint density at radius 1 is 0.962 bits per heavy atom. The standard InChI is InChI=1S/C19H20N6O/c1-14(16-2-3-17-18(10-16)21-5-4-20-17)24-6-8-25(9-7-24)19-22-11-15(13-26)12-23-19/h2-5,10-14H,6-9H2,1H3. The number of piperazine rings is 1. The third kappa shape index (κ3) is 3.25. The van der Waals surface area contributed by atoms with Crippen LogP contribution in [-0.4, -0.2) is 57.3 Å². The summed E-state index contributed by atoms with van der Waals surface area (Å²) in [7, 11) is 0. The highest BCUT2D eigenvalue weighted by molar-refractivity contribution is 5.74. The summed E-state index contributed by atoms with van der Waals surface area (Å²) in [5, 5.41) is 0. The third-order valence-corrected chi connectivity index (χ3v) is 4.91. The van der Waals surface area contributed by atoms with Crippen LogP contribution in [0.25, 0.3) is 11.0 Å². The molecule has 1 aromatic carbocycles. The van der Waals surface area contributed by atoms with Crippen molar-refractivity contribution < 1.29 is 4.79 Å². The summed E-state index contributed by atoms with van der Waals surface area (Å²) in [6.45, 7) is 5.80. The minimum Gasteiger partial charge on any atom is -0.338 e. The predicted octanol–water partition coefficient (Wildman–Crippen LogP) is 2.12. The zero-order valence-electron chi connectivity index (χ0n) is 14.6. The number of anilines is 1. The van der Waals surface area contributed by atoms with Crippen LogP contribution in [0, 0.1) is 0 Å². The van der Waals surface area contributed by atoms with Gasteiger partial charge in [-0.3, -0.25) is 19.7 Å². The van der Waals surface area contributed by atoms with Crippen LogP contribution in [0.5, 0.6) is 0 Å². The van der Waals surface area contributed by atoms with Crippen molar-refractivity contribution in [2.24, 2.45) is 0 Å². The molecule has 1 fully saturated rings. The van der Waals surface area contributed by atoms with Crippen molar-refractivity contribution in [3.05, 3.63) is 54.1 Å². The fourth-order valence-corrected chi connectivity index (χ4v) is 3.32. The van der Waals surface area contributed by atoms with Crippen molar-refractivity contribution in [2.45, 2.75) is 13.0 Å². The smallest absolute Gasteiger partial charge is 0.225 e. The van der Waals surface area contributed by atoms with Crippen molar-refractivity contribution in [1.82, 2.24) is 24.8 Å². The van der Waals surface area contributed by atoms with Gasteiger partial charge in [-0.25, -0.2) is 9.97 Å². The largest absolute Gasteiger partial charge is 0.338 e. The molecule has 0 aliphatic carbocycles. The number of carbonyl (C=O) groups excluding carboxylic acids is 1. The van der Waals surface area contributed by atoms with Gasteiger partial charge in [0.05, 0.1) is 16.6 Å². The van der Waals surface area contributed by atoms with E-state index in [0.29, 0.717) is 17.6 Å². The monoisotopic (exact) mass is 348 g/mol. The van der Waals surface area contributed by atoms with E-state index in [0.717, 1.165) is 43.5 Å². The van der Waals surface area contributed by atoms with Gasteiger partial charge in [-0.2, -0.15) is 0 Å². The number of fused-ring (bicyclic) bond motifs is 1. The van der Waals surface area contributed by atoms with Gasteiger partial charge in [0.1, 0.15) is 0 Å². The molecule has 0 radical (unpaired) electrons. The summed E-state index contributed by atoms with van der Waals surface area (Å²) in [6.07, 6.45) is 7.35. The van der Waals surface area contributed by atoms with E-state index in [-0.39, 0.29) is 0 Å². The summed E-state index contributed by atoms with van der Waals surface area (Å²) in [5.74, 6) is 0.684. The second-order valence-corrected chi connectivity index (χ2v) is 6.44. The maximum absolute atomic E-state index is 10.7. The summed E-state index contributed by atoms with van der Waals surface area (Å²) < 4.78 is 0. The molecule has 1 unspecified atom stereocenters. The lowest BCUT2D eigenvalue weighted by Crippen LogP contribution is -2.47. The molecule has 3 aromatic rings. The summed E-state index contributed by atoms with van der Waals surface area (Å²) in [5.41, 5.74) is 3.60. The summed E-state index contributed by atoms with van der Waals surface area (Å²) in [4.78, 5) is 32.6. The highest BCUT2D eigenvalue weighted by Gasteiger charge is 2.23. The highest BCUT2D eigenvalue weighted by Crippen LogP contribution is 2.24. The number of benzene rings is 1. The van der Waals surface area contributed by atoms with Crippen molar-refractivity contribution in [3.8, 4) is 0 Å². The van der Waals surface area contributed by atoms with Gasteiger partial charge in [0.15, 0.2) is 6.29 Å². The second kappa shape index (κ2) is 7.13. The molecule has 1 aliphatic rings. The number of hydrogen-bond donors (Lipinski definition) is 0. The lowest BCUT2D eigenvalue weighted by molar-refractivity contribution is 0.112. The minimum absolute atomic E-state index is 0.307. The van der Waals surface area contributed by atoms with Crippen LogP contribution in [0.4, 0.5) is 5.95 Å². The van der Waals surface area contributed by atoms with Crippen LogP contribution in [0.1, 0.15) is 28.9 Å². The number of aldehydes is 1. The normalized spacial score (nSPS) is 16.6. The van der Waals surface area contributed by atoms with Gasteiger partial charge >= 0.3 is 0 Å². The molecule has 1 saturated heterocycles. The maximum atomic E-state index is 10.7. The van der Waals surface area contributed by atoms with E-state index in [2.05, 4.69) is 48.8 Å². The zero-order valence-corrected chi connectivity index (χ0v) is 14.6. The van der Waals surface area contributed by atoms with Crippen molar-refractivity contribution in [2.75, 3.05) is 31.1 Å². The van der Waals surface area contributed by atoms with E-state index >= 15 is 0 Å². The first-order chi connectivity index (χ1) is 12.7. The maximum Gasteiger partial charge on any atom is 0.225 e. The Morgan fingerprint density at radius 2 is 1.65 bits per heavy atom. The fraction of sp³-hybridized carbons (Fsp3) is 0.316. The Hall–Kier alpha value is -2.93. The molecule has 0 spiro atoms. The molecule has 0 bridgehead atoms. The van der Waals surface area contributed by atoms with E-state index in [1.165, 1.54) is 5.56 Å². The van der Waals surface area contributed by atoms with E-state index in [1.807, 2.05) is 6.07 Å². The van der Waals surface area contributed by atoms with Gasteiger partial charge in [0.25, 0.3) is 0 Å². The molecule has 0 saturated carbocycles. The van der Waals surface area contributed by atoms with Crippen LogP contribution in [0.15, 0.2) is 43.0 Å². The minimum atomic E-state index is 0.307. The van der Waals surface area contributed by atoms with Crippen LogP contribution >= 0.6 is 0 Å². The van der Waals surface area contributed by atoms with Crippen molar-refractivity contribution in [3.63, 3.8) is 0 Å². The summed E-state index contributed by atoms with van der Waals surface area (Å²) in [6, 6.07) is 6.60. The molecular formula is C19H20N6O. The molecule has 2 aromatic heterocycles. The third-order valence-electron chi connectivity index (χ3n) is 4.91. The van der Waals surface area contributed by atoms with Crippen LogP contribution in [-0.2, 0) is 0 Å². The number of hydrogen-bond acceptors (Lipinski definition) is 7. The predicted molar refractivity (Wildman–Crippen MR) is 99.2 cm³/mol. The first-order valence-electron chi connectivity index (χ1n) is 8.71. The molecule has 1 aliphatic heterocycles. The molecule has 4 rings (SSSR count). The van der Waals surface area contributed by atoms with Crippen LogP contribution < -0.4 is 4.90 Å². The van der Waals surface area contributed by atoms with E-state index < -0.39 is 0 Å². The molecule has 132 valence electrons. The molecule has 1 atom stereocenters. The SMILES string of the molecule is CC(c1ccc2nccnc2c1)N1CCN(c2ncc(C=O)cn2)CC1. The molecule has 7 heteroatoms. The molecular weight excluding hydrogens is 328 g/mol. The molecule has 26 heavy (non-hydrogen) atoms. The van der Waals surface area contributed by atoms with Gasteiger partial charge < -0.3 is 4.90 Å². The average Bonchev–Trinajstić information content (AvgIpc) is 2.73. The van der Waals surface area contributed by atoms with Crippen LogP contribution in [0.2, 0.25) is 0 Å². The average molecular weight is 348 g/mol. The van der Waals surface area contributed by atoms with Gasteiger partial charge in [-0.15, -0.1) is 0 Å². The lowest BCUT2D eigenvalue weighted by atomic mass is 10.1. The molecule has 7 nitrogen and oxygen atoms in total. The van der Waals surface area contributed by atoms with E-state index in [9.17, 15) is 4.79 Å². The molecule has 0 N–H and O–H groups in total. The van der Waals surface area contributed by atoms with E-state index in [1.54, 1.807) is 24.8 Å². The number of rotatable bonds is 4. The Kier molecular flexibility index (Phi) is 4.53. The molecule has 3 heterocycles. The van der Waals surface area contributed by atoms with Gasteiger partial charge in [-0.05, 0) is 24.6 Å². The Balaban J connectivity index is 1.43. The van der Waals surface area contributed by atoms with Crippen LogP contribution in [0.3, 0.4) is 0 Å². The van der Waals surface area contributed by atoms with Gasteiger partial charge in [0.2, 0.25) is 5.95 Å². The number of aromatic nitrogens is 4. The quantitative estimate of drug-likeness (QED) is 0.669. The number of carbonyl (C=O) groups is 1. The Labute approximate surface area is 151 Å². The summed E-state index contributed by atoms with van der Waals surface area (Å²) >= 11 is 0. The zero-order chi connectivity index (χ0) is 17.9. The first kappa shape index (κ1) is 16.5. The number of nitrogens with zero attached hydrogens (tertiary/aromatic N) is 6. The molecule has 0 amide bonds. The highest BCUT2D eigenvalue weighted by atomic mass is 16.1. The second-order valence-electron chi connectivity index (χ2n) is 6.44. The fourth-order valence-electron chi connectivity index (χ4n) is 3.32. The first-order valence-corrected chi connectivity index (χ1v) is 8.71. The topological polar surface area (TPSA) is 75.1 Å². The van der Waals surface area contributed by atoms with Crippen molar-refractivity contribution >= 4 is 23.3 Å².